The molecule has 3 N–H and O–H groups in total. The highest BCUT2D eigenvalue weighted by atomic mass is 15.0. The molecule has 0 radical (unpaired) electrons. The number of aryl methyl sites for hydroxylation is 1. The van der Waals surface area contributed by atoms with Gasteiger partial charge < -0.3 is 11.1 Å². The van der Waals surface area contributed by atoms with Crippen LogP contribution in [0.1, 0.15) is 11.3 Å². The SMILES string of the molecule is Cc1ccc(CNc2ncnc3ccc(N)cc23)cn1. The molecule has 2 heterocycles. The van der Waals surface area contributed by atoms with Crippen molar-refractivity contribution < 1.29 is 0 Å². The first kappa shape index (κ1) is 12.3. The molecule has 20 heavy (non-hydrogen) atoms. The van der Waals surface area contributed by atoms with Crippen molar-refractivity contribution >= 4 is 22.4 Å². The van der Waals surface area contributed by atoms with E-state index in [0.29, 0.717) is 12.2 Å². The van der Waals surface area contributed by atoms with E-state index in [9.17, 15) is 0 Å². The molecule has 0 fully saturated rings. The van der Waals surface area contributed by atoms with Gasteiger partial charge in [0.05, 0.1) is 5.52 Å². The van der Waals surface area contributed by atoms with Crippen LogP contribution < -0.4 is 11.1 Å². The summed E-state index contributed by atoms with van der Waals surface area (Å²) in [6.45, 7) is 2.63. The predicted molar refractivity (Wildman–Crippen MR) is 80.3 cm³/mol. The lowest BCUT2D eigenvalue weighted by molar-refractivity contribution is 1.06. The van der Waals surface area contributed by atoms with Crippen LogP contribution in [0.15, 0.2) is 42.9 Å². The first-order valence-corrected chi connectivity index (χ1v) is 6.38. The van der Waals surface area contributed by atoms with E-state index in [4.69, 9.17) is 5.73 Å². The van der Waals surface area contributed by atoms with Crippen molar-refractivity contribution in [1.29, 1.82) is 0 Å². The Kier molecular flexibility index (Phi) is 3.16. The summed E-state index contributed by atoms with van der Waals surface area (Å²) in [5.41, 5.74) is 9.51. The molecular weight excluding hydrogens is 250 g/mol. The maximum absolute atomic E-state index is 5.82. The lowest BCUT2D eigenvalue weighted by atomic mass is 10.2. The summed E-state index contributed by atoms with van der Waals surface area (Å²) in [7, 11) is 0. The maximum Gasteiger partial charge on any atom is 0.137 e. The van der Waals surface area contributed by atoms with Gasteiger partial charge in [-0.3, -0.25) is 4.98 Å². The fourth-order valence-corrected chi connectivity index (χ4v) is 2.00. The van der Waals surface area contributed by atoms with Crippen LogP contribution in [0, 0.1) is 6.92 Å². The lowest BCUT2D eigenvalue weighted by Crippen LogP contribution is -2.03. The van der Waals surface area contributed by atoms with E-state index in [1.54, 1.807) is 6.33 Å². The molecule has 2 aromatic heterocycles. The molecule has 3 rings (SSSR count). The topological polar surface area (TPSA) is 76.7 Å². The van der Waals surface area contributed by atoms with Gasteiger partial charge in [-0.05, 0) is 36.8 Å². The molecule has 0 aliphatic heterocycles. The summed E-state index contributed by atoms with van der Waals surface area (Å²) >= 11 is 0. The number of fused-ring (bicyclic) bond motifs is 1. The Labute approximate surface area is 116 Å². The number of nitrogens with one attached hydrogen (secondary N) is 1. The minimum atomic E-state index is 0.661. The van der Waals surface area contributed by atoms with Crippen LogP contribution in [0.5, 0.6) is 0 Å². The fraction of sp³-hybridized carbons (Fsp3) is 0.133. The van der Waals surface area contributed by atoms with Crippen LogP contribution in [-0.2, 0) is 6.54 Å². The second-order valence-electron chi connectivity index (χ2n) is 4.66. The second-order valence-corrected chi connectivity index (χ2v) is 4.66. The molecule has 0 unspecified atom stereocenters. The molecule has 0 saturated carbocycles. The monoisotopic (exact) mass is 265 g/mol. The van der Waals surface area contributed by atoms with Crippen LogP contribution in [0.4, 0.5) is 11.5 Å². The van der Waals surface area contributed by atoms with E-state index < -0.39 is 0 Å². The Morgan fingerprint density at radius 3 is 2.80 bits per heavy atom. The summed E-state index contributed by atoms with van der Waals surface area (Å²) in [4.78, 5) is 12.8. The summed E-state index contributed by atoms with van der Waals surface area (Å²) in [6, 6.07) is 9.65. The number of anilines is 2. The highest BCUT2D eigenvalue weighted by Gasteiger charge is 2.04. The van der Waals surface area contributed by atoms with Crippen LogP contribution in [0.3, 0.4) is 0 Å². The van der Waals surface area contributed by atoms with Crippen molar-refractivity contribution in [2.45, 2.75) is 13.5 Å². The van der Waals surface area contributed by atoms with Crippen LogP contribution >= 0.6 is 0 Å². The molecule has 0 saturated heterocycles. The number of nitrogens with two attached hydrogens (primary N) is 1. The first-order chi connectivity index (χ1) is 9.72. The Bertz CT molecular complexity index is 737. The molecule has 0 aliphatic rings. The van der Waals surface area contributed by atoms with Gasteiger partial charge in [0.15, 0.2) is 0 Å². The van der Waals surface area contributed by atoms with Crippen LogP contribution in [0.2, 0.25) is 0 Å². The van der Waals surface area contributed by atoms with E-state index in [0.717, 1.165) is 28.0 Å². The Balaban J connectivity index is 1.87. The summed E-state index contributed by atoms with van der Waals surface area (Å²) in [6.07, 6.45) is 3.41. The normalized spacial score (nSPS) is 10.7. The largest absolute Gasteiger partial charge is 0.399 e. The lowest BCUT2D eigenvalue weighted by Gasteiger charge is -2.08. The smallest absolute Gasteiger partial charge is 0.137 e. The summed E-state index contributed by atoms with van der Waals surface area (Å²) in [5, 5.41) is 4.23. The summed E-state index contributed by atoms with van der Waals surface area (Å²) in [5.74, 6) is 0.780. The van der Waals surface area contributed by atoms with Crippen molar-refractivity contribution in [3.63, 3.8) is 0 Å². The number of nitrogens with zero attached hydrogens (tertiary/aromatic N) is 3. The number of benzene rings is 1. The van der Waals surface area contributed by atoms with E-state index >= 15 is 0 Å². The van der Waals surface area contributed by atoms with Gasteiger partial charge in [-0.1, -0.05) is 6.07 Å². The van der Waals surface area contributed by atoms with E-state index in [2.05, 4.69) is 20.3 Å². The Morgan fingerprint density at radius 2 is 2.00 bits per heavy atom. The average Bonchev–Trinajstić information content (AvgIpc) is 2.47. The van der Waals surface area contributed by atoms with Crippen LogP contribution in [0.25, 0.3) is 10.9 Å². The zero-order valence-corrected chi connectivity index (χ0v) is 11.2. The minimum absolute atomic E-state index is 0.661. The Morgan fingerprint density at radius 1 is 1.10 bits per heavy atom. The molecule has 0 spiro atoms. The molecule has 0 aliphatic carbocycles. The molecule has 0 amide bonds. The number of nitrogen functional groups attached to an aromatic ring is 1. The van der Waals surface area contributed by atoms with Crippen LogP contribution in [-0.4, -0.2) is 15.0 Å². The molecule has 1 aromatic carbocycles. The average molecular weight is 265 g/mol. The van der Waals surface area contributed by atoms with Gasteiger partial charge in [-0.25, -0.2) is 9.97 Å². The van der Waals surface area contributed by atoms with Gasteiger partial charge in [-0.15, -0.1) is 0 Å². The van der Waals surface area contributed by atoms with E-state index in [-0.39, 0.29) is 0 Å². The number of aromatic nitrogens is 3. The number of hydrogen-bond donors (Lipinski definition) is 2. The zero-order chi connectivity index (χ0) is 13.9. The van der Waals surface area contributed by atoms with Gasteiger partial charge in [0.25, 0.3) is 0 Å². The third-order valence-corrected chi connectivity index (χ3v) is 3.09. The molecule has 0 bridgehead atoms. The van der Waals surface area contributed by atoms with Gasteiger partial charge in [-0.2, -0.15) is 0 Å². The van der Waals surface area contributed by atoms with Crippen molar-refractivity contribution in [3.05, 3.63) is 54.1 Å². The fourth-order valence-electron chi connectivity index (χ4n) is 2.00. The van der Waals surface area contributed by atoms with E-state index in [1.807, 2.05) is 43.5 Å². The number of rotatable bonds is 3. The molecule has 5 heteroatoms. The third-order valence-electron chi connectivity index (χ3n) is 3.09. The zero-order valence-electron chi connectivity index (χ0n) is 11.2. The standard InChI is InChI=1S/C15H15N5/c1-10-2-3-11(7-17-10)8-18-15-13-6-12(16)4-5-14(13)19-9-20-15/h2-7,9H,8,16H2,1H3,(H,18,19,20). The first-order valence-electron chi connectivity index (χ1n) is 6.38. The van der Waals surface area contributed by atoms with Crippen molar-refractivity contribution in [2.75, 3.05) is 11.1 Å². The highest BCUT2D eigenvalue weighted by Crippen LogP contribution is 2.21. The number of hydrogen-bond acceptors (Lipinski definition) is 5. The molecule has 3 aromatic rings. The number of pyridine rings is 1. The van der Waals surface area contributed by atoms with Crippen molar-refractivity contribution in [3.8, 4) is 0 Å². The van der Waals surface area contributed by atoms with Gasteiger partial charge in [0.1, 0.15) is 12.1 Å². The molecular formula is C15H15N5. The maximum atomic E-state index is 5.82. The van der Waals surface area contributed by atoms with E-state index in [1.165, 1.54) is 0 Å². The van der Waals surface area contributed by atoms with Gasteiger partial charge >= 0.3 is 0 Å². The minimum Gasteiger partial charge on any atom is -0.399 e. The third kappa shape index (κ3) is 2.51. The molecule has 0 atom stereocenters. The van der Waals surface area contributed by atoms with Crippen molar-refractivity contribution in [1.82, 2.24) is 15.0 Å². The Hall–Kier alpha value is -2.69. The quantitative estimate of drug-likeness (QED) is 0.712. The second kappa shape index (κ2) is 5.13. The molecule has 5 nitrogen and oxygen atoms in total. The van der Waals surface area contributed by atoms with Gasteiger partial charge in [0.2, 0.25) is 0 Å². The summed E-state index contributed by atoms with van der Waals surface area (Å²) < 4.78 is 0. The van der Waals surface area contributed by atoms with Gasteiger partial charge in [0, 0.05) is 29.5 Å². The molecule has 100 valence electrons. The van der Waals surface area contributed by atoms with Crippen molar-refractivity contribution in [2.24, 2.45) is 0 Å². The predicted octanol–water partition coefficient (Wildman–Crippen LogP) is 2.53. The highest BCUT2D eigenvalue weighted by molar-refractivity contribution is 5.91.